The van der Waals surface area contributed by atoms with Gasteiger partial charge in [-0.05, 0) is 45.4 Å². The Labute approximate surface area is 96.2 Å². The first kappa shape index (κ1) is 11.1. The second-order valence-corrected chi connectivity index (χ2v) is 5.33. The molecule has 0 saturated heterocycles. The number of nitrogens with zero attached hydrogens (tertiary/aromatic N) is 1. The van der Waals surface area contributed by atoms with Gasteiger partial charge in [0.15, 0.2) is 0 Å². The Balaban J connectivity index is 2.25. The zero-order chi connectivity index (χ0) is 11.8. The number of nitrogens with one attached hydrogen (secondary N) is 2. The van der Waals surface area contributed by atoms with Gasteiger partial charge in [0.1, 0.15) is 0 Å². The normalized spacial score (nSPS) is 14.2. The van der Waals surface area contributed by atoms with E-state index in [9.17, 15) is 0 Å². The largest absolute Gasteiger partial charge is 0.306 e. The Kier molecular flexibility index (Phi) is 2.72. The van der Waals surface area contributed by atoms with E-state index in [1.54, 1.807) is 0 Å². The fraction of sp³-hybridized carbons (Fsp3) is 0.462. The smallest absolute Gasteiger partial charge is 0.0650 e. The lowest BCUT2D eigenvalue weighted by Crippen LogP contribution is -2.37. The van der Waals surface area contributed by atoms with Crippen LogP contribution in [0.15, 0.2) is 24.4 Å². The van der Waals surface area contributed by atoms with Gasteiger partial charge in [0.25, 0.3) is 0 Å². The van der Waals surface area contributed by atoms with E-state index >= 15 is 0 Å². The SMILES string of the molecule is CC(NC(C)(C)C)c1ccc2[nH]ncc2c1. The van der Waals surface area contributed by atoms with Gasteiger partial charge in [-0.2, -0.15) is 5.10 Å². The predicted molar refractivity (Wildman–Crippen MR) is 67.4 cm³/mol. The van der Waals surface area contributed by atoms with Gasteiger partial charge in [0.05, 0.1) is 11.7 Å². The van der Waals surface area contributed by atoms with Gasteiger partial charge in [-0.1, -0.05) is 6.07 Å². The van der Waals surface area contributed by atoms with Crippen molar-refractivity contribution in [1.29, 1.82) is 0 Å². The minimum absolute atomic E-state index is 0.130. The van der Waals surface area contributed by atoms with Crippen molar-refractivity contribution in [2.75, 3.05) is 0 Å². The molecule has 3 heteroatoms. The summed E-state index contributed by atoms with van der Waals surface area (Å²) in [6.45, 7) is 8.73. The van der Waals surface area contributed by atoms with Crippen molar-refractivity contribution in [2.24, 2.45) is 0 Å². The molecular formula is C13H19N3. The molecule has 2 N–H and O–H groups in total. The van der Waals surface area contributed by atoms with E-state index in [2.05, 4.69) is 61.4 Å². The van der Waals surface area contributed by atoms with Crippen LogP contribution in [0.5, 0.6) is 0 Å². The molecule has 0 aliphatic rings. The van der Waals surface area contributed by atoms with Crippen LogP contribution in [-0.4, -0.2) is 15.7 Å². The maximum Gasteiger partial charge on any atom is 0.0650 e. The second kappa shape index (κ2) is 3.91. The summed E-state index contributed by atoms with van der Waals surface area (Å²) in [6, 6.07) is 6.75. The highest BCUT2D eigenvalue weighted by Crippen LogP contribution is 2.20. The highest BCUT2D eigenvalue weighted by Gasteiger charge is 2.15. The van der Waals surface area contributed by atoms with Crippen LogP contribution in [0.25, 0.3) is 10.9 Å². The summed E-state index contributed by atoms with van der Waals surface area (Å²) >= 11 is 0. The summed E-state index contributed by atoms with van der Waals surface area (Å²) in [5, 5.41) is 11.7. The van der Waals surface area contributed by atoms with E-state index in [0.29, 0.717) is 6.04 Å². The van der Waals surface area contributed by atoms with Crippen molar-refractivity contribution in [3.63, 3.8) is 0 Å². The molecule has 16 heavy (non-hydrogen) atoms. The monoisotopic (exact) mass is 217 g/mol. The van der Waals surface area contributed by atoms with Crippen LogP contribution in [0.2, 0.25) is 0 Å². The van der Waals surface area contributed by atoms with Gasteiger partial charge < -0.3 is 5.32 Å². The number of H-pyrrole nitrogens is 1. The van der Waals surface area contributed by atoms with Gasteiger partial charge in [-0.3, -0.25) is 5.10 Å². The van der Waals surface area contributed by atoms with E-state index < -0.39 is 0 Å². The molecule has 1 heterocycles. The molecule has 0 amide bonds. The van der Waals surface area contributed by atoms with Gasteiger partial charge >= 0.3 is 0 Å². The first-order valence-corrected chi connectivity index (χ1v) is 5.66. The molecule has 0 radical (unpaired) electrons. The Morgan fingerprint density at radius 3 is 2.75 bits per heavy atom. The Hall–Kier alpha value is -1.35. The average molecular weight is 217 g/mol. The zero-order valence-corrected chi connectivity index (χ0v) is 10.3. The van der Waals surface area contributed by atoms with Crippen LogP contribution >= 0.6 is 0 Å². The first-order chi connectivity index (χ1) is 7.46. The minimum atomic E-state index is 0.130. The summed E-state index contributed by atoms with van der Waals surface area (Å²) in [5.41, 5.74) is 2.51. The number of fused-ring (bicyclic) bond motifs is 1. The number of hydrogen-bond donors (Lipinski definition) is 2. The third-order valence-electron chi connectivity index (χ3n) is 2.61. The maximum absolute atomic E-state index is 4.03. The highest BCUT2D eigenvalue weighted by atomic mass is 15.1. The third-order valence-corrected chi connectivity index (χ3v) is 2.61. The number of aromatic amines is 1. The van der Waals surface area contributed by atoms with Crippen LogP contribution < -0.4 is 5.32 Å². The van der Waals surface area contributed by atoms with E-state index in [1.807, 2.05) is 6.20 Å². The summed E-state index contributed by atoms with van der Waals surface area (Å²) in [4.78, 5) is 0. The molecule has 0 spiro atoms. The van der Waals surface area contributed by atoms with E-state index in [1.165, 1.54) is 10.9 Å². The van der Waals surface area contributed by atoms with Crippen molar-refractivity contribution < 1.29 is 0 Å². The zero-order valence-electron chi connectivity index (χ0n) is 10.3. The van der Waals surface area contributed by atoms with Crippen molar-refractivity contribution >= 4 is 10.9 Å². The maximum atomic E-state index is 4.03. The van der Waals surface area contributed by atoms with Gasteiger partial charge in [-0.15, -0.1) is 0 Å². The lowest BCUT2D eigenvalue weighted by Gasteiger charge is -2.26. The van der Waals surface area contributed by atoms with E-state index in [0.717, 1.165) is 5.52 Å². The molecule has 86 valence electrons. The Bertz CT molecular complexity index is 479. The average Bonchev–Trinajstić information content (AvgIpc) is 2.61. The lowest BCUT2D eigenvalue weighted by atomic mass is 10.0. The van der Waals surface area contributed by atoms with Crippen LogP contribution in [0.1, 0.15) is 39.3 Å². The fourth-order valence-corrected chi connectivity index (χ4v) is 1.96. The predicted octanol–water partition coefficient (Wildman–Crippen LogP) is 3.01. The number of aromatic nitrogens is 2. The molecule has 3 nitrogen and oxygen atoms in total. The van der Waals surface area contributed by atoms with Crippen molar-refractivity contribution in [1.82, 2.24) is 15.5 Å². The third kappa shape index (κ3) is 2.42. The molecule has 0 saturated carbocycles. The number of rotatable bonds is 2. The van der Waals surface area contributed by atoms with Gasteiger partial charge in [-0.25, -0.2) is 0 Å². The molecule has 2 rings (SSSR count). The van der Waals surface area contributed by atoms with Crippen LogP contribution in [0.4, 0.5) is 0 Å². The van der Waals surface area contributed by atoms with E-state index in [-0.39, 0.29) is 5.54 Å². The van der Waals surface area contributed by atoms with Gasteiger partial charge in [0, 0.05) is 17.0 Å². The summed E-state index contributed by atoms with van der Waals surface area (Å²) in [5.74, 6) is 0. The fourth-order valence-electron chi connectivity index (χ4n) is 1.96. The highest BCUT2D eigenvalue weighted by molar-refractivity contribution is 5.78. The molecule has 1 unspecified atom stereocenters. The Morgan fingerprint density at radius 1 is 1.31 bits per heavy atom. The molecule has 0 aliphatic heterocycles. The Morgan fingerprint density at radius 2 is 2.06 bits per heavy atom. The van der Waals surface area contributed by atoms with Crippen LogP contribution in [-0.2, 0) is 0 Å². The molecule has 0 aliphatic carbocycles. The summed E-state index contributed by atoms with van der Waals surface area (Å²) in [6.07, 6.45) is 1.86. The summed E-state index contributed by atoms with van der Waals surface area (Å²) < 4.78 is 0. The van der Waals surface area contributed by atoms with Crippen molar-refractivity contribution in [3.05, 3.63) is 30.0 Å². The number of benzene rings is 1. The molecular weight excluding hydrogens is 198 g/mol. The van der Waals surface area contributed by atoms with Crippen LogP contribution in [0.3, 0.4) is 0 Å². The molecule has 1 aromatic carbocycles. The van der Waals surface area contributed by atoms with E-state index in [4.69, 9.17) is 0 Å². The second-order valence-electron chi connectivity index (χ2n) is 5.33. The lowest BCUT2D eigenvalue weighted by molar-refractivity contribution is 0.378. The molecule has 0 bridgehead atoms. The molecule has 1 aromatic heterocycles. The topological polar surface area (TPSA) is 40.7 Å². The van der Waals surface area contributed by atoms with Gasteiger partial charge in [0.2, 0.25) is 0 Å². The minimum Gasteiger partial charge on any atom is -0.306 e. The van der Waals surface area contributed by atoms with Crippen molar-refractivity contribution in [3.8, 4) is 0 Å². The summed E-state index contributed by atoms with van der Waals surface area (Å²) in [7, 11) is 0. The quantitative estimate of drug-likeness (QED) is 0.811. The van der Waals surface area contributed by atoms with Crippen LogP contribution in [0, 0.1) is 0 Å². The molecule has 2 aromatic rings. The number of hydrogen-bond acceptors (Lipinski definition) is 2. The first-order valence-electron chi connectivity index (χ1n) is 5.66. The van der Waals surface area contributed by atoms with Crippen molar-refractivity contribution in [2.45, 2.75) is 39.3 Å². The standard InChI is InChI=1S/C13H19N3/c1-9(15-13(2,3)4)10-5-6-12-11(7-10)8-14-16-12/h5-9,15H,1-4H3,(H,14,16). The molecule has 1 atom stereocenters. The molecule has 0 fully saturated rings.